The lowest BCUT2D eigenvalue weighted by atomic mass is 10.2. The van der Waals surface area contributed by atoms with Gasteiger partial charge in [0.2, 0.25) is 0 Å². The van der Waals surface area contributed by atoms with E-state index in [1.807, 2.05) is 4.90 Å². The van der Waals surface area contributed by atoms with E-state index in [1.165, 1.54) is 0 Å². The molecule has 2 rings (SSSR count). The molecule has 0 saturated carbocycles. The fourth-order valence-electron chi connectivity index (χ4n) is 3.00. The van der Waals surface area contributed by atoms with Crippen molar-refractivity contribution >= 4 is 35.8 Å². The van der Waals surface area contributed by atoms with Crippen LogP contribution < -0.4 is 5.32 Å². The van der Waals surface area contributed by atoms with Gasteiger partial charge >= 0.3 is 0 Å². The van der Waals surface area contributed by atoms with Crippen molar-refractivity contribution in [1.29, 1.82) is 0 Å². The van der Waals surface area contributed by atoms with Crippen LogP contribution in [0.2, 0.25) is 0 Å². The van der Waals surface area contributed by atoms with Gasteiger partial charge in [-0.05, 0) is 19.8 Å². The SMILES string of the molecule is CCNC(=NCCOCCOC)N1CCN(C(=O)C2CCCO2)CC1.I. The second-order valence-electron chi connectivity index (χ2n) is 6.15. The summed E-state index contributed by atoms with van der Waals surface area (Å²) in [5.74, 6) is 1.03. The summed E-state index contributed by atoms with van der Waals surface area (Å²) in [7, 11) is 1.66. The van der Waals surface area contributed by atoms with Gasteiger partial charge in [0.15, 0.2) is 5.96 Å². The van der Waals surface area contributed by atoms with Gasteiger partial charge in [-0.15, -0.1) is 24.0 Å². The third-order valence-corrected chi connectivity index (χ3v) is 4.36. The Labute approximate surface area is 173 Å². The average Bonchev–Trinajstić information content (AvgIpc) is 3.18. The van der Waals surface area contributed by atoms with E-state index in [2.05, 4.69) is 22.1 Å². The van der Waals surface area contributed by atoms with Crippen molar-refractivity contribution in [2.24, 2.45) is 4.99 Å². The lowest BCUT2D eigenvalue weighted by Crippen LogP contribution is -2.55. The van der Waals surface area contributed by atoms with Crippen LogP contribution in [0.3, 0.4) is 0 Å². The molecule has 2 saturated heterocycles. The molecular weight excluding hydrogens is 451 g/mol. The van der Waals surface area contributed by atoms with Crippen LogP contribution >= 0.6 is 24.0 Å². The van der Waals surface area contributed by atoms with Crippen LogP contribution in [-0.2, 0) is 19.0 Å². The Bertz CT molecular complexity index is 425. The highest BCUT2D eigenvalue weighted by atomic mass is 127. The van der Waals surface area contributed by atoms with Crippen molar-refractivity contribution in [3.05, 3.63) is 0 Å². The molecule has 0 spiro atoms. The number of guanidine groups is 1. The number of nitrogens with one attached hydrogen (secondary N) is 1. The van der Waals surface area contributed by atoms with Gasteiger partial charge in [0.1, 0.15) is 6.10 Å². The summed E-state index contributed by atoms with van der Waals surface area (Å²) in [6, 6.07) is 0. The summed E-state index contributed by atoms with van der Waals surface area (Å²) in [4.78, 5) is 21.2. The largest absolute Gasteiger partial charge is 0.382 e. The monoisotopic (exact) mass is 484 g/mol. The Morgan fingerprint density at radius 3 is 2.54 bits per heavy atom. The van der Waals surface area contributed by atoms with E-state index in [0.717, 1.165) is 38.4 Å². The molecule has 0 aromatic heterocycles. The Hall–Kier alpha value is -0.650. The highest BCUT2D eigenvalue weighted by Gasteiger charge is 2.30. The normalized spacial score (nSPS) is 20.8. The van der Waals surface area contributed by atoms with Crippen LogP contribution in [0.25, 0.3) is 0 Å². The zero-order valence-electron chi connectivity index (χ0n) is 15.9. The maximum absolute atomic E-state index is 12.4. The summed E-state index contributed by atoms with van der Waals surface area (Å²) in [5.41, 5.74) is 0. The minimum atomic E-state index is -0.224. The first-order valence-electron chi connectivity index (χ1n) is 9.26. The Balaban J connectivity index is 0.00000338. The van der Waals surface area contributed by atoms with E-state index in [9.17, 15) is 4.79 Å². The van der Waals surface area contributed by atoms with E-state index in [-0.39, 0.29) is 36.0 Å². The van der Waals surface area contributed by atoms with E-state index < -0.39 is 0 Å². The number of hydrogen-bond donors (Lipinski definition) is 1. The van der Waals surface area contributed by atoms with Gasteiger partial charge in [0, 0.05) is 46.4 Å². The second-order valence-corrected chi connectivity index (χ2v) is 6.15. The molecule has 9 heteroatoms. The lowest BCUT2D eigenvalue weighted by Gasteiger charge is -2.37. The summed E-state index contributed by atoms with van der Waals surface area (Å²) in [5, 5.41) is 3.32. The fraction of sp³-hybridized carbons (Fsp3) is 0.882. The fourth-order valence-corrected chi connectivity index (χ4v) is 3.00. The summed E-state index contributed by atoms with van der Waals surface area (Å²) in [6.45, 7) is 8.97. The van der Waals surface area contributed by atoms with Gasteiger partial charge in [-0.1, -0.05) is 0 Å². The number of halogens is 1. The van der Waals surface area contributed by atoms with Crippen molar-refractivity contribution < 1.29 is 19.0 Å². The Morgan fingerprint density at radius 2 is 1.92 bits per heavy atom. The molecule has 0 radical (unpaired) electrons. The number of ether oxygens (including phenoxy) is 3. The molecule has 0 aromatic rings. The third kappa shape index (κ3) is 7.53. The molecule has 1 unspecified atom stereocenters. The van der Waals surface area contributed by atoms with Gasteiger partial charge in [0.25, 0.3) is 5.91 Å². The van der Waals surface area contributed by atoms with E-state index in [1.54, 1.807) is 7.11 Å². The number of methoxy groups -OCH3 is 1. The van der Waals surface area contributed by atoms with Crippen molar-refractivity contribution in [2.75, 3.05) is 72.8 Å². The van der Waals surface area contributed by atoms with Crippen molar-refractivity contribution in [3.63, 3.8) is 0 Å². The Kier molecular flexibility index (Phi) is 12.2. The number of amides is 1. The number of rotatable bonds is 8. The molecule has 8 nitrogen and oxygen atoms in total. The molecule has 2 aliphatic heterocycles. The lowest BCUT2D eigenvalue weighted by molar-refractivity contribution is -0.142. The zero-order chi connectivity index (χ0) is 17.9. The smallest absolute Gasteiger partial charge is 0.251 e. The van der Waals surface area contributed by atoms with E-state index in [0.29, 0.717) is 46.1 Å². The molecule has 26 heavy (non-hydrogen) atoms. The first-order chi connectivity index (χ1) is 12.3. The molecule has 0 bridgehead atoms. The van der Waals surface area contributed by atoms with Gasteiger partial charge in [-0.2, -0.15) is 0 Å². The van der Waals surface area contributed by atoms with Crippen LogP contribution in [0, 0.1) is 0 Å². The first-order valence-corrected chi connectivity index (χ1v) is 9.26. The van der Waals surface area contributed by atoms with Crippen LogP contribution in [-0.4, -0.2) is 101 Å². The average molecular weight is 484 g/mol. The molecule has 1 N–H and O–H groups in total. The number of nitrogens with zero attached hydrogens (tertiary/aromatic N) is 3. The second kappa shape index (κ2) is 13.5. The first kappa shape index (κ1) is 23.4. The van der Waals surface area contributed by atoms with Gasteiger partial charge < -0.3 is 29.3 Å². The maximum atomic E-state index is 12.4. The van der Waals surface area contributed by atoms with Crippen molar-refractivity contribution in [3.8, 4) is 0 Å². The highest BCUT2D eigenvalue weighted by Crippen LogP contribution is 2.16. The number of aliphatic imine (C=N–C) groups is 1. The van der Waals surface area contributed by atoms with Gasteiger partial charge in [-0.3, -0.25) is 9.79 Å². The summed E-state index contributed by atoms with van der Waals surface area (Å²) < 4.78 is 15.9. The van der Waals surface area contributed by atoms with Crippen molar-refractivity contribution in [2.45, 2.75) is 25.9 Å². The van der Waals surface area contributed by atoms with Crippen LogP contribution in [0.5, 0.6) is 0 Å². The molecule has 2 fully saturated rings. The molecule has 152 valence electrons. The number of piperazine rings is 1. The third-order valence-electron chi connectivity index (χ3n) is 4.36. The minimum Gasteiger partial charge on any atom is -0.382 e. The number of carbonyl (C=O) groups excluding carboxylic acids is 1. The summed E-state index contributed by atoms with van der Waals surface area (Å²) in [6.07, 6.45) is 1.62. The highest BCUT2D eigenvalue weighted by molar-refractivity contribution is 14.0. The zero-order valence-corrected chi connectivity index (χ0v) is 18.3. The van der Waals surface area contributed by atoms with Crippen molar-refractivity contribution in [1.82, 2.24) is 15.1 Å². The predicted molar refractivity (Wildman–Crippen MR) is 111 cm³/mol. The molecule has 0 aliphatic carbocycles. The van der Waals surface area contributed by atoms with Crippen LogP contribution in [0.4, 0.5) is 0 Å². The molecule has 1 amide bonds. The quantitative estimate of drug-likeness (QED) is 0.235. The standard InChI is InChI=1S/C17H32N4O4.HI/c1-3-18-17(19-6-12-24-14-13-23-2)21-9-7-20(8-10-21)16(22)15-5-4-11-25-15;/h15H,3-14H2,1-2H3,(H,18,19);1H. The van der Waals surface area contributed by atoms with E-state index >= 15 is 0 Å². The maximum Gasteiger partial charge on any atom is 0.251 e. The van der Waals surface area contributed by atoms with Gasteiger partial charge in [-0.25, -0.2) is 0 Å². The van der Waals surface area contributed by atoms with Gasteiger partial charge in [0.05, 0.1) is 26.4 Å². The van der Waals surface area contributed by atoms with E-state index in [4.69, 9.17) is 14.2 Å². The topological polar surface area (TPSA) is 75.6 Å². The molecule has 0 aromatic carbocycles. The molecule has 1 atom stereocenters. The molecule has 2 aliphatic rings. The number of hydrogen-bond acceptors (Lipinski definition) is 5. The summed E-state index contributed by atoms with van der Waals surface area (Å²) >= 11 is 0. The van der Waals surface area contributed by atoms with Crippen LogP contribution in [0.15, 0.2) is 4.99 Å². The van der Waals surface area contributed by atoms with Crippen LogP contribution in [0.1, 0.15) is 19.8 Å². The number of carbonyl (C=O) groups is 1. The molecular formula is C17H33IN4O4. The molecule has 2 heterocycles. The minimum absolute atomic E-state index is 0. The Morgan fingerprint density at radius 1 is 1.19 bits per heavy atom. The predicted octanol–water partition coefficient (Wildman–Crippen LogP) is 0.556.